The first-order valence-electron chi connectivity index (χ1n) is 25.9. The van der Waals surface area contributed by atoms with Crippen LogP contribution in [0, 0.1) is 12.8 Å². The molecular weight excluding hydrogens is 1200 g/mol. The van der Waals surface area contributed by atoms with Gasteiger partial charge in [-0.3, -0.25) is 28.8 Å². The zero-order valence-corrected chi connectivity index (χ0v) is 50.7. The molecule has 1 aliphatic rings. The number of carboxylic acid groups (broad SMARTS) is 1. The first kappa shape index (κ1) is 60.7. The van der Waals surface area contributed by atoms with Crippen molar-refractivity contribution < 1.29 is 53.2 Å². The molecule has 1 aromatic carbocycles. The largest absolute Gasteiger partial charge is 0.481 e. The summed E-state index contributed by atoms with van der Waals surface area (Å²) in [5, 5.41) is 44.2. The Morgan fingerprint density at radius 1 is 0.726 bits per heavy atom. The summed E-state index contributed by atoms with van der Waals surface area (Å²) >= 11 is 7.18. The predicted octanol–water partition coefficient (Wildman–Crippen LogP) is 7.75. The molecule has 0 radical (unpaired) electrons. The highest BCUT2D eigenvalue weighted by molar-refractivity contribution is 7.15. The van der Waals surface area contributed by atoms with Gasteiger partial charge in [-0.2, -0.15) is 0 Å². The molecule has 1 aliphatic heterocycles. The molecule has 6 amide bonds. The highest BCUT2D eigenvalue weighted by Gasteiger charge is 2.33. The average molecular weight is 1250 g/mol. The lowest BCUT2D eigenvalue weighted by Gasteiger charge is -2.23. The summed E-state index contributed by atoms with van der Waals surface area (Å²) in [7, 11) is 4.45. The smallest absolute Gasteiger partial charge is 0.409 e. The normalized spacial score (nSPS) is 16.2. The number of rotatable bonds is 14. The van der Waals surface area contributed by atoms with Gasteiger partial charge >= 0.3 is 12.1 Å². The molecule has 0 saturated carbocycles. The van der Waals surface area contributed by atoms with Crippen molar-refractivity contribution in [3.63, 3.8) is 0 Å². The molecule has 0 fully saturated rings. The van der Waals surface area contributed by atoms with E-state index in [1.165, 1.54) is 82.8 Å². The number of carboxylic acids is 1. The van der Waals surface area contributed by atoms with Crippen LogP contribution in [0.4, 0.5) is 4.79 Å². The number of ether oxygens (including phenoxy) is 2. The van der Waals surface area contributed by atoms with Gasteiger partial charge in [0, 0.05) is 66.1 Å². The summed E-state index contributed by atoms with van der Waals surface area (Å²) in [6, 6.07) is 9.46. The van der Waals surface area contributed by atoms with Crippen molar-refractivity contribution >= 4 is 110 Å². The molecule has 4 atom stereocenters. The Labute approximate surface area is 504 Å². The number of hydrogen-bond donors (Lipinski definition) is 7. The van der Waals surface area contributed by atoms with Crippen LogP contribution in [0.5, 0.6) is 0 Å². The van der Waals surface area contributed by atoms with Crippen LogP contribution >= 0.6 is 68.0 Å². The third-order valence-electron chi connectivity index (χ3n) is 12.8. The van der Waals surface area contributed by atoms with Crippen molar-refractivity contribution in [3.8, 4) is 43.4 Å². The number of pyridine rings is 1. The van der Waals surface area contributed by atoms with Crippen molar-refractivity contribution in [1.29, 1.82) is 0 Å². The molecule has 10 bridgehead atoms. The molecule has 9 rings (SSSR count). The molecule has 0 spiro atoms. The van der Waals surface area contributed by atoms with Gasteiger partial charge in [-0.05, 0) is 37.0 Å². The summed E-state index contributed by atoms with van der Waals surface area (Å²) in [5.74, 6) is -4.12. The molecule has 0 saturated heterocycles. The number of benzene rings is 1. The molecule has 24 nitrogen and oxygen atoms in total. The summed E-state index contributed by atoms with van der Waals surface area (Å²) in [5.41, 5.74) is 3.12. The molecule has 438 valence electrons. The van der Waals surface area contributed by atoms with Crippen molar-refractivity contribution in [3.05, 3.63) is 117 Å². The first-order chi connectivity index (χ1) is 40.4. The quantitative estimate of drug-likeness (QED) is 0.0547. The number of nitrogens with one attached hydrogen (secondary N) is 5. The fourth-order valence-corrected chi connectivity index (χ4v) is 14.0. The van der Waals surface area contributed by atoms with E-state index < -0.39 is 72.4 Å². The van der Waals surface area contributed by atoms with Crippen LogP contribution in [-0.2, 0) is 37.1 Å². The van der Waals surface area contributed by atoms with Gasteiger partial charge in [-0.25, -0.2) is 39.7 Å². The first-order valence-corrected chi connectivity index (χ1v) is 31.0. The number of carbonyl (C=O) groups excluding carboxylic acids is 6. The van der Waals surface area contributed by atoms with Crippen molar-refractivity contribution in [2.45, 2.75) is 77.5 Å². The molecule has 84 heavy (non-hydrogen) atoms. The van der Waals surface area contributed by atoms with E-state index in [1.807, 2.05) is 13.8 Å². The lowest BCUT2D eigenvalue weighted by Crippen LogP contribution is -2.40. The van der Waals surface area contributed by atoms with E-state index in [1.54, 1.807) is 70.9 Å². The zero-order chi connectivity index (χ0) is 59.8. The van der Waals surface area contributed by atoms with E-state index in [4.69, 9.17) is 39.5 Å². The van der Waals surface area contributed by atoms with Gasteiger partial charge in [-0.1, -0.05) is 44.2 Å². The van der Waals surface area contributed by atoms with Crippen LogP contribution in [0.3, 0.4) is 0 Å². The van der Waals surface area contributed by atoms with Crippen LogP contribution in [0.25, 0.3) is 43.4 Å². The Balaban J connectivity index is 1.10. The SMILES string of the molecule is CNC(=O)C[C@@H]1NC(=O)c2csc(n2)-c2ccc(-c3nc(COC(=O)N(C)CCCC(=O)O)cs3)nc2-c2csc(n2)-c2csc(n2)C(C(O)c2ccccc2)NC(=O)CNC(=O)c2nc(sc2COC)[C@H](C(C)C)NC(=O)c2nc1sc2C. The van der Waals surface area contributed by atoms with Crippen LogP contribution in [0.1, 0.15) is 125 Å². The highest BCUT2D eigenvalue weighted by Crippen LogP contribution is 2.40. The maximum Gasteiger partial charge on any atom is 0.409 e. The number of hydrogen-bond acceptors (Lipinski definition) is 23. The number of carbonyl (C=O) groups is 7. The number of aryl methyl sites for hydroxylation is 1. The van der Waals surface area contributed by atoms with E-state index >= 15 is 0 Å². The standard InChI is InChI=1S/C54H55N13O11S6/c1-25(2)39-53-66-42(35(84-53)20-77-6)46(74)56-18-37(69)63-43(44(72)27-11-8-7-9-12-27)52-62-34(24-82-52)50-60-32(22-81-50)41-29(14-15-30(58-41)49-57-28(21-79-49)19-78-54(76)67(5)16-10-13-38(70)71)48-61-33(23-80-48)45(73)59-31(17-36(68)55-4)51-65-40(26(3)83-51)47(75)64-39/h7-9,11-12,14-15,21-25,31,39,43-44,72H,10,13,16-20H2,1-6H3,(H,55,68)(H,56,74)(H,59,73)(H,63,69)(H,64,75)(H,70,71)/t31-,39-,43?,44?/m0/s1. The van der Waals surface area contributed by atoms with E-state index in [9.17, 15) is 38.7 Å². The van der Waals surface area contributed by atoms with Gasteiger partial charge in [0.15, 0.2) is 0 Å². The van der Waals surface area contributed by atoms with Crippen molar-refractivity contribution in [2.24, 2.45) is 5.92 Å². The summed E-state index contributed by atoms with van der Waals surface area (Å²) < 4.78 is 10.9. The molecular formula is C54H55N13O11S6. The fraction of sp³-hybridized carbons (Fsp3) is 0.333. The van der Waals surface area contributed by atoms with E-state index in [0.29, 0.717) is 74.4 Å². The van der Waals surface area contributed by atoms with Crippen LogP contribution < -0.4 is 26.6 Å². The minimum absolute atomic E-state index is 0.00156. The molecule has 7 N–H and O–H groups in total. The minimum atomic E-state index is -1.28. The summed E-state index contributed by atoms with van der Waals surface area (Å²) in [4.78, 5) is 129. The Kier molecular flexibility index (Phi) is 19.7. The third-order valence-corrected chi connectivity index (χ3v) is 18.6. The van der Waals surface area contributed by atoms with Gasteiger partial charge in [0.1, 0.15) is 83.0 Å². The number of aliphatic hydroxyl groups excluding tert-OH is 1. The van der Waals surface area contributed by atoms with Crippen LogP contribution in [0.2, 0.25) is 0 Å². The number of fused-ring (bicyclic) bond motifs is 14. The number of aliphatic hydroxyl groups is 1. The topological polar surface area (TPSA) is 332 Å². The molecule has 7 aromatic heterocycles. The van der Waals surface area contributed by atoms with E-state index in [2.05, 4.69) is 36.6 Å². The van der Waals surface area contributed by atoms with Crippen molar-refractivity contribution in [2.75, 3.05) is 34.3 Å². The van der Waals surface area contributed by atoms with Crippen LogP contribution in [-0.4, -0.2) is 126 Å². The highest BCUT2D eigenvalue weighted by atomic mass is 32.1. The lowest BCUT2D eigenvalue weighted by molar-refractivity contribution is -0.137. The third kappa shape index (κ3) is 14.4. The Morgan fingerprint density at radius 2 is 1.44 bits per heavy atom. The van der Waals surface area contributed by atoms with Gasteiger partial charge in [-0.15, -0.1) is 68.0 Å². The second-order valence-corrected chi connectivity index (χ2v) is 25.1. The Morgan fingerprint density at radius 3 is 2.19 bits per heavy atom. The Hall–Kier alpha value is -7.84. The van der Waals surface area contributed by atoms with E-state index in [0.717, 1.165) is 11.3 Å². The number of aromatic nitrogens is 7. The number of thiazole rings is 6. The molecule has 2 unspecified atom stereocenters. The fourth-order valence-electron chi connectivity index (χ4n) is 8.49. The van der Waals surface area contributed by atoms with Crippen molar-refractivity contribution in [1.82, 2.24) is 66.4 Å². The van der Waals surface area contributed by atoms with E-state index in [-0.39, 0.29) is 67.0 Å². The average Bonchev–Trinajstić information content (AvgIpc) is 4.42. The second kappa shape index (κ2) is 27.3. The predicted molar refractivity (Wildman–Crippen MR) is 317 cm³/mol. The van der Waals surface area contributed by atoms with Gasteiger partial charge in [0.2, 0.25) is 11.8 Å². The maximum absolute atomic E-state index is 14.3. The maximum atomic E-state index is 14.3. The van der Waals surface area contributed by atoms with Gasteiger partial charge in [0.05, 0.1) is 47.9 Å². The minimum Gasteiger partial charge on any atom is -0.481 e. The summed E-state index contributed by atoms with van der Waals surface area (Å²) in [6.45, 7) is 4.97. The number of amides is 6. The zero-order valence-electron chi connectivity index (χ0n) is 45.8. The molecule has 0 aliphatic carbocycles. The second-order valence-electron chi connectivity index (χ2n) is 19.3. The molecule has 8 heterocycles. The Bertz CT molecular complexity index is 3720. The monoisotopic (exact) mass is 1250 g/mol. The summed E-state index contributed by atoms with van der Waals surface area (Å²) in [6.07, 6.45) is -1.98. The number of nitrogens with zero attached hydrogens (tertiary/aromatic N) is 8. The molecule has 8 aromatic rings. The van der Waals surface area contributed by atoms with Gasteiger partial charge < -0.3 is 51.2 Å². The lowest BCUT2D eigenvalue weighted by atomic mass is 10.0. The molecule has 30 heteroatoms. The van der Waals surface area contributed by atoms with Crippen LogP contribution in [0.15, 0.2) is 64.0 Å². The number of aliphatic carboxylic acids is 1. The van der Waals surface area contributed by atoms with Gasteiger partial charge in [0.25, 0.3) is 17.7 Å². The number of methoxy groups -OCH3 is 1.